The molecule has 128 valence electrons. The minimum absolute atomic E-state index is 0.221. The van der Waals surface area contributed by atoms with Gasteiger partial charge in [0.15, 0.2) is 0 Å². The largest absolute Gasteiger partial charge is 0.334 e. The summed E-state index contributed by atoms with van der Waals surface area (Å²) in [6.45, 7) is 4.86. The van der Waals surface area contributed by atoms with E-state index >= 15 is 0 Å². The molecule has 0 bridgehead atoms. The van der Waals surface area contributed by atoms with Crippen molar-refractivity contribution >= 4 is 28.1 Å². The van der Waals surface area contributed by atoms with E-state index in [1.54, 1.807) is 11.3 Å². The van der Waals surface area contributed by atoms with E-state index in [9.17, 15) is 4.79 Å². The predicted octanol–water partition coefficient (Wildman–Crippen LogP) is 4.65. The lowest BCUT2D eigenvalue weighted by Gasteiger charge is -2.23. The molecule has 0 spiro atoms. The van der Waals surface area contributed by atoms with Crippen LogP contribution in [0.1, 0.15) is 34.5 Å². The number of pyridine rings is 1. The highest BCUT2D eigenvalue weighted by Crippen LogP contribution is 2.31. The molecule has 1 aromatic carbocycles. The van der Waals surface area contributed by atoms with Crippen LogP contribution in [0.2, 0.25) is 0 Å². The quantitative estimate of drug-likeness (QED) is 0.671. The molecule has 1 amide bonds. The van der Waals surface area contributed by atoms with E-state index in [2.05, 4.69) is 35.4 Å². The van der Waals surface area contributed by atoms with Crippen LogP contribution in [0, 0.1) is 13.8 Å². The van der Waals surface area contributed by atoms with Crippen molar-refractivity contribution in [2.75, 3.05) is 0 Å². The average molecular weight is 350 g/mol. The number of carbonyl (C=O) groups excluding carboxylic acids is 1. The maximum Gasteiger partial charge on any atom is 0.227 e. The van der Waals surface area contributed by atoms with Crippen LogP contribution in [0.25, 0.3) is 10.9 Å². The molecule has 1 aliphatic rings. The second-order valence-corrected chi connectivity index (χ2v) is 7.86. The Morgan fingerprint density at radius 3 is 2.72 bits per heavy atom. The first-order valence-corrected chi connectivity index (χ1v) is 9.68. The molecule has 4 rings (SSSR count). The molecule has 0 radical (unpaired) electrons. The summed E-state index contributed by atoms with van der Waals surface area (Å²) >= 11 is 1.72. The Hall–Kier alpha value is -2.20. The minimum atomic E-state index is 0.221. The highest BCUT2D eigenvalue weighted by Gasteiger charge is 2.33. The summed E-state index contributed by atoms with van der Waals surface area (Å²) in [7, 11) is 0. The summed E-state index contributed by atoms with van der Waals surface area (Å²) in [5.74, 6) is 0.221. The van der Waals surface area contributed by atoms with Crippen molar-refractivity contribution in [3.8, 4) is 0 Å². The fourth-order valence-electron chi connectivity index (χ4n) is 3.46. The van der Waals surface area contributed by atoms with Gasteiger partial charge in [-0.15, -0.1) is 11.3 Å². The van der Waals surface area contributed by atoms with Gasteiger partial charge in [0.1, 0.15) is 0 Å². The van der Waals surface area contributed by atoms with Crippen LogP contribution in [-0.2, 0) is 17.8 Å². The third-order valence-corrected chi connectivity index (χ3v) is 5.89. The number of fused-ring (bicyclic) bond motifs is 1. The van der Waals surface area contributed by atoms with Crippen LogP contribution in [0.5, 0.6) is 0 Å². The van der Waals surface area contributed by atoms with Crippen LogP contribution in [0.15, 0.2) is 41.8 Å². The van der Waals surface area contributed by atoms with Gasteiger partial charge < -0.3 is 4.90 Å². The summed E-state index contributed by atoms with van der Waals surface area (Å²) in [6, 6.07) is 12.8. The lowest BCUT2D eigenvalue weighted by molar-refractivity contribution is -0.131. The van der Waals surface area contributed by atoms with Crippen molar-refractivity contribution in [1.82, 2.24) is 9.88 Å². The van der Waals surface area contributed by atoms with Gasteiger partial charge in [-0.3, -0.25) is 9.78 Å². The second kappa shape index (κ2) is 6.60. The SMILES string of the molecule is Cc1nc2ccccc2c(C)c1CC(=O)N(Cc1cccs1)C1CC1. The number of aromatic nitrogens is 1. The number of aryl methyl sites for hydroxylation is 2. The predicted molar refractivity (Wildman–Crippen MR) is 103 cm³/mol. The van der Waals surface area contributed by atoms with Crippen LogP contribution in [0.4, 0.5) is 0 Å². The number of benzene rings is 1. The van der Waals surface area contributed by atoms with E-state index in [1.165, 1.54) is 10.4 Å². The third-order valence-electron chi connectivity index (χ3n) is 5.03. The zero-order chi connectivity index (χ0) is 17.4. The van der Waals surface area contributed by atoms with Crippen molar-refractivity contribution in [3.05, 3.63) is 63.5 Å². The first kappa shape index (κ1) is 16.3. The fraction of sp³-hybridized carbons (Fsp3) is 0.333. The molecule has 1 fully saturated rings. The van der Waals surface area contributed by atoms with Gasteiger partial charge in [-0.05, 0) is 55.3 Å². The number of rotatable bonds is 5. The zero-order valence-corrected chi connectivity index (χ0v) is 15.5. The molecule has 0 aliphatic heterocycles. The molecule has 1 aliphatic carbocycles. The summed E-state index contributed by atoms with van der Waals surface area (Å²) in [4.78, 5) is 21.1. The van der Waals surface area contributed by atoms with E-state index in [-0.39, 0.29) is 5.91 Å². The van der Waals surface area contributed by atoms with Gasteiger partial charge in [-0.2, -0.15) is 0 Å². The standard InChI is InChI=1S/C21H22N2OS/c1-14-18-7-3-4-8-20(18)22-15(2)19(14)12-21(24)23(16-9-10-16)13-17-6-5-11-25-17/h3-8,11,16H,9-10,12-13H2,1-2H3. The molecule has 0 N–H and O–H groups in total. The lowest BCUT2D eigenvalue weighted by Crippen LogP contribution is -2.34. The molecule has 2 aromatic heterocycles. The Balaban J connectivity index is 1.62. The first-order valence-electron chi connectivity index (χ1n) is 8.80. The monoisotopic (exact) mass is 350 g/mol. The molecule has 3 nitrogen and oxygen atoms in total. The topological polar surface area (TPSA) is 33.2 Å². The van der Waals surface area contributed by atoms with E-state index in [0.717, 1.165) is 41.5 Å². The van der Waals surface area contributed by atoms with E-state index in [0.29, 0.717) is 12.5 Å². The highest BCUT2D eigenvalue weighted by molar-refractivity contribution is 7.09. The van der Waals surface area contributed by atoms with Crippen molar-refractivity contribution < 1.29 is 4.79 Å². The molecule has 1 saturated carbocycles. The Labute approximate surface area is 152 Å². The van der Waals surface area contributed by atoms with Gasteiger partial charge in [-0.1, -0.05) is 24.3 Å². The van der Waals surface area contributed by atoms with Gasteiger partial charge in [0.25, 0.3) is 0 Å². The minimum Gasteiger partial charge on any atom is -0.334 e. The lowest BCUT2D eigenvalue weighted by atomic mass is 9.99. The molecule has 0 saturated heterocycles. The second-order valence-electron chi connectivity index (χ2n) is 6.83. The molecule has 0 unspecified atom stereocenters. The smallest absolute Gasteiger partial charge is 0.227 e. The molecule has 3 aromatic rings. The Morgan fingerprint density at radius 2 is 2.00 bits per heavy atom. The zero-order valence-electron chi connectivity index (χ0n) is 14.7. The number of hydrogen-bond donors (Lipinski definition) is 0. The first-order chi connectivity index (χ1) is 12.1. The van der Waals surface area contributed by atoms with E-state index in [1.807, 2.05) is 25.1 Å². The summed E-state index contributed by atoms with van der Waals surface area (Å²) in [6.07, 6.45) is 2.70. The van der Waals surface area contributed by atoms with Crippen LogP contribution >= 0.6 is 11.3 Å². The van der Waals surface area contributed by atoms with Gasteiger partial charge in [-0.25, -0.2) is 0 Å². The van der Waals surface area contributed by atoms with Crippen molar-refractivity contribution in [2.45, 2.75) is 45.7 Å². The molecular weight excluding hydrogens is 328 g/mol. The fourth-order valence-corrected chi connectivity index (χ4v) is 4.16. The molecule has 0 atom stereocenters. The Bertz CT molecular complexity index is 913. The number of hydrogen-bond acceptors (Lipinski definition) is 3. The average Bonchev–Trinajstić information content (AvgIpc) is 3.32. The number of amides is 1. The highest BCUT2D eigenvalue weighted by atomic mass is 32.1. The van der Waals surface area contributed by atoms with Crippen LogP contribution < -0.4 is 0 Å². The van der Waals surface area contributed by atoms with E-state index < -0.39 is 0 Å². The summed E-state index contributed by atoms with van der Waals surface area (Å²) in [5, 5.41) is 3.22. The van der Waals surface area contributed by atoms with Crippen molar-refractivity contribution in [3.63, 3.8) is 0 Å². The normalized spacial score (nSPS) is 14.0. The van der Waals surface area contributed by atoms with Gasteiger partial charge in [0, 0.05) is 22.0 Å². The van der Waals surface area contributed by atoms with Crippen molar-refractivity contribution in [1.29, 1.82) is 0 Å². The maximum absolute atomic E-state index is 13.1. The summed E-state index contributed by atoms with van der Waals surface area (Å²) < 4.78 is 0. The van der Waals surface area contributed by atoms with Gasteiger partial charge in [0.2, 0.25) is 5.91 Å². The molecular formula is C21H22N2OS. The van der Waals surface area contributed by atoms with Crippen LogP contribution in [0.3, 0.4) is 0 Å². The molecule has 25 heavy (non-hydrogen) atoms. The number of carbonyl (C=O) groups is 1. The maximum atomic E-state index is 13.1. The molecule has 2 heterocycles. The van der Waals surface area contributed by atoms with Gasteiger partial charge in [0.05, 0.1) is 18.5 Å². The summed E-state index contributed by atoms with van der Waals surface area (Å²) in [5.41, 5.74) is 4.24. The number of nitrogens with zero attached hydrogens (tertiary/aromatic N) is 2. The third kappa shape index (κ3) is 3.31. The Morgan fingerprint density at radius 1 is 1.20 bits per heavy atom. The van der Waals surface area contributed by atoms with Crippen LogP contribution in [-0.4, -0.2) is 21.8 Å². The Kier molecular flexibility index (Phi) is 4.30. The molecule has 4 heteroatoms. The van der Waals surface area contributed by atoms with Crippen molar-refractivity contribution in [2.24, 2.45) is 0 Å². The number of para-hydroxylation sites is 1. The van der Waals surface area contributed by atoms with E-state index in [4.69, 9.17) is 4.98 Å². The van der Waals surface area contributed by atoms with Gasteiger partial charge >= 0.3 is 0 Å². The number of thiophene rings is 1.